The summed E-state index contributed by atoms with van der Waals surface area (Å²) in [6, 6.07) is 10.2. The molecule has 0 saturated heterocycles. The van der Waals surface area contributed by atoms with E-state index in [0.717, 1.165) is 27.5 Å². The lowest BCUT2D eigenvalue weighted by atomic mass is 10.1. The number of nitrogens with one attached hydrogen (secondary N) is 1. The Hall–Kier alpha value is -1.44. The summed E-state index contributed by atoms with van der Waals surface area (Å²) in [5.41, 5.74) is 2.16. The molecule has 1 heterocycles. The van der Waals surface area contributed by atoms with Crippen LogP contribution in [0.4, 0.5) is 0 Å². The van der Waals surface area contributed by atoms with Crippen molar-refractivity contribution in [1.82, 2.24) is 10.3 Å². The van der Waals surface area contributed by atoms with Crippen LogP contribution in [-0.2, 0) is 6.54 Å². The molecule has 0 radical (unpaired) electrons. The van der Waals surface area contributed by atoms with Gasteiger partial charge in [0.05, 0.1) is 11.6 Å². The smallest absolute Gasteiger partial charge is 0.0758 e. The molecule has 1 aromatic heterocycles. The number of hydrogen-bond acceptors (Lipinski definition) is 3. The molecule has 0 saturated carbocycles. The standard InChI is InChI=1S/C13H12BrN3/c14-12-5-4-10(9-16-7-2-6-15)13-11(12)3-1-8-17-13/h1,3-5,8,16H,2,7,9H2. The average Bonchev–Trinajstić information content (AvgIpc) is 2.37. The van der Waals surface area contributed by atoms with Gasteiger partial charge in [-0.3, -0.25) is 4.98 Å². The normalized spacial score (nSPS) is 10.4. The fourth-order valence-corrected chi connectivity index (χ4v) is 2.16. The second-order valence-corrected chi connectivity index (χ2v) is 4.55. The number of nitrogens with zero attached hydrogens (tertiary/aromatic N) is 2. The zero-order chi connectivity index (χ0) is 12.1. The van der Waals surface area contributed by atoms with Crippen molar-refractivity contribution in [2.75, 3.05) is 6.54 Å². The highest BCUT2D eigenvalue weighted by Crippen LogP contribution is 2.24. The number of halogens is 1. The molecule has 17 heavy (non-hydrogen) atoms. The topological polar surface area (TPSA) is 48.7 Å². The van der Waals surface area contributed by atoms with Crippen LogP contribution in [0.5, 0.6) is 0 Å². The van der Waals surface area contributed by atoms with Crippen LogP contribution in [-0.4, -0.2) is 11.5 Å². The van der Waals surface area contributed by atoms with E-state index in [1.54, 1.807) is 6.20 Å². The molecule has 0 aliphatic carbocycles. The van der Waals surface area contributed by atoms with Crippen molar-refractivity contribution in [1.29, 1.82) is 5.26 Å². The summed E-state index contributed by atoms with van der Waals surface area (Å²) in [5, 5.41) is 12.8. The minimum atomic E-state index is 0.530. The molecule has 3 nitrogen and oxygen atoms in total. The van der Waals surface area contributed by atoms with Crippen LogP contribution >= 0.6 is 15.9 Å². The Labute approximate surface area is 109 Å². The number of hydrogen-bond donors (Lipinski definition) is 1. The first-order valence-corrected chi connectivity index (χ1v) is 6.22. The van der Waals surface area contributed by atoms with Crippen LogP contribution < -0.4 is 5.32 Å². The van der Waals surface area contributed by atoms with Crippen LogP contribution in [0.15, 0.2) is 34.9 Å². The molecule has 2 rings (SSSR count). The third-order valence-electron chi connectivity index (χ3n) is 2.53. The van der Waals surface area contributed by atoms with E-state index in [-0.39, 0.29) is 0 Å². The molecule has 0 fully saturated rings. The van der Waals surface area contributed by atoms with Crippen LogP contribution in [0, 0.1) is 11.3 Å². The van der Waals surface area contributed by atoms with Crippen molar-refractivity contribution in [3.8, 4) is 6.07 Å². The van der Waals surface area contributed by atoms with Crippen LogP contribution in [0.2, 0.25) is 0 Å². The minimum Gasteiger partial charge on any atom is -0.312 e. The monoisotopic (exact) mass is 289 g/mol. The van der Waals surface area contributed by atoms with Gasteiger partial charge in [0.2, 0.25) is 0 Å². The van der Waals surface area contributed by atoms with Gasteiger partial charge in [-0.05, 0) is 17.7 Å². The zero-order valence-corrected chi connectivity index (χ0v) is 10.9. The summed E-state index contributed by atoms with van der Waals surface area (Å²) >= 11 is 3.52. The first kappa shape index (κ1) is 12.0. The van der Waals surface area contributed by atoms with E-state index in [4.69, 9.17) is 5.26 Å². The highest BCUT2D eigenvalue weighted by molar-refractivity contribution is 9.10. The summed E-state index contributed by atoms with van der Waals surface area (Å²) in [6.45, 7) is 1.45. The van der Waals surface area contributed by atoms with E-state index in [0.29, 0.717) is 13.0 Å². The number of aromatic nitrogens is 1. The fraction of sp³-hybridized carbons (Fsp3) is 0.231. The maximum atomic E-state index is 8.46. The summed E-state index contributed by atoms with van der Waals surface area (Å²) in [5.74, 6) is 0. The number of nitriles is 1. The molecule has 0 bridgehead atoms. The molecule has 0 atom stereocenters. The Balaban J connectivity index is 2.23. The minimum absolute atomic E-state index is 0.530. The molecular formula is C13H12BrN3. The lowest BCUT2D eigenvalue weighted by Crippen LogP contribution is -2.14. The summed E-state index contributed by atoms with van der Waals surface area (Å²) in [4.78, 5) is 4.41. The molecule has 1 N–H and O–H groups in total. The lowest BCUT2D eigenvalue weighted by Gasteiger charge is -2.07. The van der Waals surface area contributed by atoms with Gasteiger partial charge in [-0.2, -0.15) is 5.26 Å². The van der Waals surface area contributed by atoms with Gasteiger partial charge < -0.3 is 5.32 Å². The van der Waals surface area contributed by atoms with Crippen molar-refractivity contribution in [3.63, 3.8) is 0 Å². The van der Waals surface area contributed by atoms with E-state index in [9.17, 15) is 0 Å². The number of rotatable bonds is 4. The van der Waals surface area contributed by atoms with Crippen LogP contribution in [0.25, 0.3) is 10.9 Å². The Kier molecular flexibility index (Phi) is 4.08. The molecule has 1 aromatic carbocycles. The highest BCUT2D eigenvalue weighted by atomic mass is 79.9. The number of pyridine rings is 1. The molecule has 86 valence electrons. The van der Waals surface area contributed by atoms with Crippen molar-refractivity contribution in [2.45, 2.75) is 13.0 Å². The van der Waals surface area contributed by atoms with E-state index in [1.165, 1.54) is 0 Å². The molecule has 2 aromatic rings. The number of fused-ring (bicyclic) bond motifs is 1. The van der Waals surface area contributed by atoms with Crippen molar-refractivity contribution < 1.29 is 0 Å². The molecular weight excluding hydrogens is 278 g/mol. The predicted octanol–water partition coefficient (Wildman–Crippen LogP) is 3.00. The van der Waals surface area contributed by atoms with Gasteiger partial charge in [0.25, 0.3) is 0 Å². The van der Waals surface area contributed by atoms with Gasteiger partial charge in [-0.25, -0.2) is 0 Å². The van der Waals surface area contributed by atoms with Crippen molar-refractivity contribution in [2.24, 2.45) is 0 Å². The second-order valence-electron chi connectivity index (χ2n) is 3.69. The van der Waals surface area contributed by atoms with E-state index >= 15 is 0 Å². The molecule has 0 aliphatic rings. The van der Waals surface area contributed by atoms with Crippen LogP contribution in [0.1, 0.15) is 12.0 Å². The SMILES string of the molecule is N#CCCNCc1ccc(Br)c2cccnc12. The molecule has 0 unspecified atom stereocenters. The van der Waals surface area contributed by atoms with Gasteiger partial charge in [0, 0.05) is 35.6 Å². The first-order chi connectivity index (χ1) is 8.33. The maximum Gasteiger partial charge on any atom is 0.0758 e. The van der Waals surface area contributed by atoms with Crippen molar-refractivity contribution in [3.05, 3.63) is 40.5 Å². The Bertz CT molecular complexity index is 560. The third kappa shape index (κ3) is 2.82. The van der Waals surface area contributed by atoms with Crippen LogP contribution in [0.3, 0.4) is 0 Å². The fourth-order valence-electron chi connectivity index (χ4n) is 1.71. The summed E-state index contributed by atoms with van der Waals surface area (Å²) < 4.78 is 1.06. The Morgan fingerprint density at radius 2 is 2.24 bits per heavy atom. The summed E-state index contributed by atoms with van der Waals surface area (Å²) in [6.07, 6.45) is 2.33. The Morgan fingerprint density at radius 3 is 3.06 bits per heavy atom. The predicted molar refractivity (Wildman–Crippen MR) is 71.4 cm³/mol. The van der Waals surface area contributed by atoms with Gasteiger partial charge in [-0.15, -0.1) is 0 Å². The quantitative estimate of drug-likeness (QED) is 0.881. The van der Waals surface area contributed by atoms with E-state index in [2.05, 4.69) is 38.4 Å². The number of benzene rings is 1. The van der Waals surface area contributed by atoms with Crippen molar-refractivity contribution >= 4 is 26.8 Å². The summed E-state index contributed by atoms with van der Waals surface area (Å²) in [7, 11) is 0. The van der Waals surface area contributed by atoms with Gasteiger partial charge >= 0.3 is 0 Å². The highest BCUT2D eigenvalue weighted by Gasteiger charge is 2.04. The van der Waals surface area contributed by atoms with E-state index < -0.39 is 0 Å². The largest absolute Gasteiger partial charge is 0.312 e. The van der Waals surface area contributed by atoms with Gasteiger partial charge in [-0.1, -0.05) is 28.1 Å². The van der Waals surface area contributed by atoms with Gasteiger partial charge in [0.15, 0.2) is 0 Å². The third-order valence-corrected chi connectivity index (χ3v) is 3.22. The average molecular weight is 290 g/mol. The van der Waals surface area contributed by atoms with E-state index in [1.807, 2.05) is 18.2 Å². The first-order valence-electron chi connectivity index (χ1n) is 5.42. The molecule has 0 amide bonds. The molecule has 4 heteroatoms. The molecule has 0 spiro atoms. The second kappa shape index (κ2) is 5.76. The lowest BCUT2D eigenvalue weighted by molar-refractivity contribution is 0.701. The van der Waals surface area contributed by atoms with Gasteiger partial charge in [0.1, 0.15) is 0 Å². The Morgan fingerprint density at radius 1 is 1.35 bits per heavy atom. The zero-order valence-electron chi connectivity index (χ0n) is 9.28. The molecule has 0 aliphatic heterocycles. The maximum absolute atomic E-state index is 8.46.